The first-order valence-corrected chi connectivity index (χ1v) is 7.73. The molecule has 0 bridgehead atoms. The van der Waals surface area contributed by atoms with Crippen LogP contribution in [0.5, 0.6) is 0 Å². The van der Waals surface area contributed by atoms with Crippen LogP contribution >= 0.6 is 0 Å². The number of hydrogen-bond donors (Lipinski definition) is 0. The van der Waals surface area contributed by atoms with E-state index in [-0.39, 0.29) is 36.9 Å². The van der Waals surface area contributed by atoms with Crippen LogP contribution in [0.4, 0.5) is 0 Å². The molecular formula is C21H25LuO-. The Morgan fingerprint density at radius 1 is 0.696 bits per heavy atom. The molecule has 1 saturated heterocycles. The molecule has 2 saturated carbocycles. The van der Waals surface area contributed by atoms with Gasteiger partial charge in [0.25, 0.3) is 0 Å². The molecule has 0 N–H and O–H groups in total. The second-order valence-electron chi connectivity index (χ2n) is 4.82. The van der Waals surface area contributed by atoms with Crippen LogP contribution in [-0.4, -0.2) is 13.2 Å². The van der Waals surface area contributed by atoms with Gasteiger partial charge in [-0.1, -0.05) is 6.92 Å². The summed E-state index contributed by atoms with van der Waals surface area (Å²) in [4.78, 5) is 0. The van der Waals surface area contributed by atoms with Gasteiger partial charge in [-0.3, -0.25) is 0 Å². The molecule has 1 nitrogen and oxygen atoms in total. The molecule has 0 atom stereocenters. The quantitative estimate of drug-likeness (QED) is 0.505. The summed E-state index contributed by atoms with van der Waals surface area (Å²) in [6.07, 6.45) is 22.6. The van der Waals surface area contributed by atoms with Gasteiger partial charge in [-0.25, -0.2) is 0 Å². The number of hydrogen-bond acceptors (Lipinski definition) is 1. The maximum atomic E-state index is 4.94. The van der Waals surface area contributed by atoms with Crippen molar-refractivity contribution >= 4 is 0 Å². The number of aryl methyl sites for hydroxylation is 1. The first-order chi connectivity index (χ1) is 10.9. The third-order valence-corrected chi connectivity index (χ3v) is 2.82. The van der Waals surface area contributed by atoms with Crippen molar-refractivity contribution in [3.63, 3.8) is 0 Å². The van der Waals surface area contributed by atoms with E-state index < -0.39 is 0 Å². The van der Waals surface area contributed by atoms with E-state index in [1.54, 1.807) is 0 Å². The Kier molecular flexibility index (Phi) is 19.1. The fourth-order valence-corrected chi connectivity index (χ4v) is 1.62. The summed E-state index contributed by atoms with van der Waals surface area (Å²) in [6, 6.07) is 10.8. The molecule has 11 radical (unpaired) electrons. The van der Waals surface area contributed by atoms with Crippen molar-refractivity contribution in [3.8, 4) is 0 Å². The minimum Gasteiger partial charge on any atom is -0.381 e. The SMILES string of the molecule is C1CCOC1.Cc1cc[c-]cc1.[CH]1[CH][CH][CH][CH]1.[CH]1[CH][CH][CH][CH]1.[Lu]. The molecule has 1 aromatic rings. The number of ether oxygens (including phenoxy) is 1. The van der Waals surface area contributed by atoms with Gasteiger partial charge < -0.3 is 4.74 Å². The van der Waals surface area contributed by atoms with Crippen molar-refractivity contribution in [2.45, 2.75) is 19.8 Å². The van der Waals surface area contributed by atoms with Crippen molar-refractivity contribution in [2.75, 3.05) is 13.2 Å². The monoisotopic (exact) mass is 468 g/mol. The van der Waals surface area contributed by atoms with Crippen molar-refractivity contribution < 1.29 is 41.6 Å². The average molecular weight is 468 g/mol. The van der Waals surface area contributed by atoms with Gasteiger partial charge >= 0.3 is 0 Å². The van der Waals surface area contributed by atoms with E-state index in [2.05, 4.69) is 13.0 Å². The molecule has 0 amide bonds. The van der Waals surface area contributed by atoms with Crippen LogP contribution in [0.25, 0.3) is 0 Å². The van der Waals surface area contributed by atoms with Gasteiger partial charge in [0.2, 0.25) is 0 Å². The van der Waals surface area contributed by atoms with E-state index in [9.17, 15) is 0 Å². The third-order valence-electron chi connectivity index (χ3n) is 2.82. The minimum atomic E-state index is 0. The van der Waals surface area contributed by atoms with Gasteiger partial charge in [-0.2, -0.15) is 35.9 Å². The van der Waals surface area contributed by atoms with Gasteiger partial charge in [0, 0.05) is 50.1 Å². The van der Waals surface area contributed by atoms with Gasteiger partial charge in [0.15, 0.2) is 0 Å². The zero-order valence-electron chi connectivity index (χ0n) is 13.6. The van der Waals surface area contributed by atoms with Crippen LogP contribution in [0.2, 0.25) is 0 Å². The Morgan fingerprint density at radius 2 is 1.04 bits per heavy atom. The second-order valence-corrected chi connectivity index (χ2v) is 4.82. The molecule has 0 unspecified atom stereocenters. The molecule has 2 heteroatoms. The molecule has 3 aliphatic rings. The van der Waals surface area contributed by atoms with Crippen molar-refractivity contribution in [3.05, 3.63) is 100 Å². The zero-order chi connectivity index (χ0) is 15.7. The largest absolute Gasteiger partial charge is 0.381 e. The van der Waals surface area contributed by atoms with Crippen LogP contribution in [0.3, 0.4) is 0 Å². The molecule has 131 valence electrons. The average Bonchev–Trinajstić information content (AvgIpc) is 3.37. The maximum absolute atomic E-state index is 4.94. The smallest absolute Gasteiger partial charge is 0.0466 e. The topological polar surface area (TPSA) is 9.23 Å². The van der Waals surface area contributed by atoms with E-state index in [1.165, 1.54) is 18.4 Å². The maximum Gasteiger partial charge on any atom is 0.0466 e. The molecule has 1 aromatic carbocycles. The predicted molar refractivity (Wildman–Crippen MR) is 93.1 cm³/mol. The van der Waals surface area contributed by atoms with Crippen LogP contribution in [0, 0.1) is 114 Å². The Hall–Kier alpha value is 0.414. The summed E-state index contributed by atoms with van der Waals surface area (Å²) in [5.74, 6) is 0. The Labute approximate surface area is 173 Å². The Morgan fingerprint density at radius 3 is 1.22 bits per heavy atom. The molecule has 2 aliphatic carbocycles. The zero-order valence-corrected chi connectivity index (χ0v) is 15.2. The van der Waals surface area contributed by atoms with Crippen LogP contribution in [-0.2, 0) is 4.74 Å². The summed E-state index contributed by atoms with van der Waals surface area (Å²) >= 11 is 0. The molecule has 0 spiro atoms. The first kappa shape index (κ1) is 23.4. The summed E-state index contributed by atoms with van der Waals surface area (Å²) in [5.41, 5.74) is 1.29. The molecule has 23 heavy (non-hydrogen) atoms. The van der Waals surface area contributed by atoms with E-state index in [1.807, 2.05) is 88.5 Å². The molecule has 1 heterocycles. The van der Waals surface area contributed by atoms with E-state index in [0.717, 1.165) is 13.2 Å². The van der Waals surface area contributed by atoms with Gasteiger partial charge in [0.05, 0.1) is 0 Å². The van der Waals surface area contributed by atoms with E-state index in [4.69, 9.17) is 4.74 Å². The van der Waals surface area contributed by atoms with E-state index >= 15 is 0 Å². The third kappa shape index (κ3) is 17.0. The Balaban J connectivity index is 0.000000280. The molecule has 1 aliphatic heterocycles. The molecular weight excluding hydrogens is 443 g/mol. The summed E-state index contributed by atoms with van der Waals surface area (Å²) < 4.78 is 4.94. The van der Waals surface area contributed by atoms with Crippen LogP contribution < -0.4 is 0 Å². The number of rotatable bonds is 0. The predicted octanol–water partition coefficient (Wildman–Crippen LogP) is 4.63. The summed E-state index contributed by atoms with van der Waals surface area (Å²) in [6.45, 7) is 4.06. The summed E-state index contributed by atoms with van der Waals surface area (Å²) in [5, 5.41) is 0. The number of benzene rings is 1. The summed E-state index contributed by atoms with van der Waals surface area (Å²) in [7, 11) is 0. The fourth-order valence-electron chi connectivity index (χ4n) is 1.62. The van der Waals surface area contributed by atoms with Crippen molar-refractivity contribution in [2.24, 2.45) is 0 Å². The van der Waals surface area contributed by atoms with Gasteiger partial charge in [-0.15, -0.1) is 0 Å². The standard InChI is InChI=1S/C7H7.2C5H5.C4H8O.Lu/c1-7-5-3-2-4-6-7;3*1-2-4-5-3-1;/h3-6H,1H3;2*1-5H;1-4H2;/q-1;;;;. The fraction of sp³-hybridized carbons (Fsp3) is 0.238. The van der Waals surface area contributed by atoms with Crippen molar-refractivity contribution in [1.29, 1.82) is 0 Å². The van der Waals surface area contributed by atoms with Crippen molar-refractivity contribution in [1.82, 2.24) is 0 Å². The minimum absolute atomic E-state index is 0. The van der Waals surface area contributed by atoms with Crippen LogP contribution in [0.1, 0.15) is 18.4 Å². The molecule has 3 fully saturated rings. The molecule has 4 rings (SSSR count). The van der Waals surface area contributed by atoms with Gasteiger partial charge in [0.1, 0.15) is 0 Å². The van der Waals surface area contributed by atoms with Gasteiger partial charge in [-0.05, 0) is 77.0 Å². The normalized spacial score (nSPS) is 18.3. The second kappa shape index (κ2) is 18.7. The molecule has 0 aromatic heterocycles. The van der Waals surface area contributed by atoms with E-state index in [0.29, 0.717) is 0 Å². The first-order valence-electron chi connectivity index (χ1n) is 7.73. The van der Waals surface area contributed by atoms with Crippen LogP contribution in [0.15, 0.2) is 24.3 Å². The Bertz CT molecular complexity index is 267.